The molecule has 5 rings (SSSR count). The van der Waals surface area contributed by atoms with Crippen LogP contribution < -0.4 is 4.90 Å². The van der Waals surface area contributed by atoms with Crippen LogP contribution in [0.4, 0.5) is 19.0 Å². The van der Waals surface area contributed by atoms with Crippen molar-refractivity contribution < 1.29 is 22.5 Å². The number of hydrogen-bond donors (Lipinski definition) is 0. The molecule has 2 aromatic heterocycles. The van der Waals surface area contributed by atoms with Crippen LogP contribution in [0.25, 0.3) is 22.4 Å². The molecule has 0 radical (unpaired) electrons. The Morgan fingerprint density at radius 2 is 1.91 bits per heavy atom. The van der Waals surface area contributed by atoms with Crippen LogP contribution in [0.5, 0.6) is 0 Å². The number of halogens is 3. The summed E-state index contributed by atoms with van der Waals surface area (Å²) in [5, 5.41) is 4.59. The lowest BCUT2D eigenvalue weighted by atomic mass is 9.84. The number of rotatable bonds is 5. The number of aromatic nitrogens is 3. The maximum absolute atomic E-state index is 13.3. The van der Waals surface area contributed by atoms with Gasteiger partial charge in [0.25, 0.3) is 5.71 Å². The smallest absolute Gasteiger partial charge is 0.352 e. The minimum atomic E-state index is -4.47. The second kappa shape index (κ2) is 8.88. The van der Waals surface area contributed by atoms with Gasteiger partial charge in [-0.25, -0.2) is 4.98 Å². The molecule has 0 bridgehead atoms. The van der Waals surface area contributed by atoms with Crippen LogP contribution in [-0.2, 0) is 17.4 Å². The van der Waals surface area contributed by atoms with Crippen molar-refractivity contribution in [3.8, 4) is 11.3 Å². The van der Waals surface area contributed by atoms with Gasteiger partial charge in [0.1, 0.15) is 22.7 Å². The quantitative estimate of drug-likeness (QED) is 0.535. The highest BCUT2D eigenvalue weighted by molar-refractivity contribution is 5.98. The van der Waals surface area contributed by atoms with Gasteiger partial charge in [-0.05, 0) is 31.4 Å². The van der Waals surface area contributed by atoms with E-state index in [2.05, 4.69) is 15.0 Å². The number of carbonyl (C=O) groups excluding carboxylic acids is 1. The lowest BCUT2D eigenvalue weighted by molar-refractivity contribution is -0.138. The number of nitrogens with zero attached hydrogens (tertiary/aromatic N) is 5. The van der Waals surface area contributed by atoms with Gasteiger partial charge in [0.2, 0.25) is 5.91 Å². The summed E-state index contributed by atoms with van der Waals surface area (Å²) in [4.78, 5) is 25.9. The summed E-state index contributed by atoms with van der Waals surface area (Å²) in [6.45, 7) is 4.32. The van der Waals surface area contributed by atoms with E-state index in [1.54, 1.807) is 6.07 Å². The third-order valence-corrected chi connectivity index (χ3v) is 6.65. The van der Waals surface area contributed by atoms with Gasteiger partial charge < -0.3 is 14.3 Å². The fourth-order valence-electron chi connectivity index (χ4n) is 4.54. The van der Waals surface area contributed by atoms with Crippen molar-refractivity contribution in [1.29, 1.82) is 0 Å². The molecule has 7 nitrogen and oxygen atoms in total. The van der Waals surface area contributed by atoms with Gasteiger partial charge in [-0.1, -0.05) is 30.6 Å². The van der Waals surface area contributed by atoms with E-state index in [1.807, 2.05) is 11.8 Å². The van der Waals surface area contributed by atoms with E-state index in [4.69, 9.17) is 9.51 Å². The van der Waals surface area contributed by atoms with Crippen LogP contribution in [0, 0.1) is 5.92 Å². The summed E-state index contributed by atoms with van der Waals surface area (Å²) >= 11 is 0. The second-order valence-electron chi connectivity index (χ2n) is 8.94. The van der Waals surface area contributed by atoms with Crippen molar-refractivity contribution in [3.05, 3.63) is 35.7 Å². The third kappa shape index (κ3) is 4.21. The Labute approximate surface area is 194 Å². The zero-order chi connectivity index (χ0) is 23.9. The minimum Gasteiger partial charge on any atom is -0.352 e. The maximum atomic E-state index is 13.3. The SMILES string of the molecule is CCCc1nc(N2CCN(C(=O)C3CCC3)CC2)c2c(-c3cccc(C(F)(F)F)c3)noc2n1. The lowest BCUT2D eigenvalue weighted by Crippen LogP contribution is -2.51. The molecule has 2 aliphatic rings. The van der Waals surface area contributed by atoms with Crippen molar-refractivity contribution in [2.75, 3.05) is 31.1 Å². The minimum absolute atomic E-state index is 0.152. The number of alkyl halides is 3. The van der Waals surface area contributed by atoms with Crippen molar-refractivity contribution in [3.63, 3.8) is 0 Å². The lowest BCUT2D eigenvalue weighted by Gasteiger charge is -2.38. The fourth-order valence-corrected chi connectivity index (χ4v) is 4.54. The predicted octanol–water partition coefficient (Wildman–Crippen LogP) is 4.70. The number of anilines is 1. The molecule has 3 aromatic rings. The van der Waals surface area contributed by atoms with Crippen molar-refractivity contribution in [2.45, 2.75) is 45.2 Å². The van der Waals surface area contributed by atoms with Crippen LogP contribution in [-0.4, -0.2) is 52.1 Å². The summed E-state index contributed by atoms with van der Waals surface area (Å²) in [7, 11) is 0. The molecule has 0 spiro atoms. The molecule has 3 heterocycles. The maximum Gasteiger partial charge on any atom is 0.416 e. The first-order chi connectivity index (χ1) is 16.3. The number of hydrogen-bond acceptors (Lipinski definition) is 6. The van der Waals surface area contributed by atoms with Crippen LogP contribution in [0.3, 0.4) is 0 Å². The van der Waals surface area contributed by atoms with Gasteiger partial charge in [0.05, 0.1) is 5.56 Å². The highest BCUT2D eigenvalue weighted by Gasteiger charge is 2.33. The largest absolute Gasteiger partial charge is 0.416 e. The second-order valence-corrected chi connectivity index (χ2v) is 8.94. The molecule has 1 amide bonds. The summed E-state index contributed by atoms with van der Waals surface area (Å²) in [5.41, 5.74) is 0.0794. The highest BCUT2D eigenvalue weighted by atomic mass is 19.4. The molecular formula is C24H26F3N5O2. The summed E-state index contributed by atoms with van der Waals surface area (Å²) in [6.07, 6.45) is 0.0552. The number of fused-ring (bicyclic) bond motifs is 1. The topological polar surface area (TPSA) is 75.4 Å². The molecule has 1 aromatic carbocycles. The Hall–Kier alpha value is -3.17. The van der Waals surface area contributed by atoms with E-state index in [0.29, 0.717) is 55.2 Å². The molecule has 2 fully saturated rings. The van der Waals surface area contributed by atoms with E-state index in [-0.39, 0.29) is 23.2 Å². The van der Waals surface area contributed by atoms with Gasteiger partial charge in [0.15, 0.2) is 0 Å². The average Bonchev–Trinajstić information content (AvgIpc) is 3.21. The van der Waals surface area contributed by atoms with E-state index in [0.717, 1.165) is 37.8 Å². The fraction of sp³-hybridized carbons (Fsp3) is 0.500. The van der Waals surface area contributed by atoms with Gasteiger partial charge in [0, 0.05) is 44.1 Å². The van der Waals surface area contributed by atoms with E-state index in [9.17, 15) is 18.0 Å². The van der Waals surface area contributed by atoms with Crippen LogP contribution in [0.15, 0.2) is 28.8 Å². The molecule has 1 saturated heterocycles. The summed E-state index contributed by atoms with van der Waals surface area (Å²) in [5.74, 6) is 1.57. The van der Waals surface area contributed by atoms with E-state index in [1.165, 1.54) is 6.07 Å². The molecule has 1 saturated carbocycles. The summed E-state index contributed by atoms with van der Waals surface area (Å²) in [6, 6.07) is 5.03. The molecular weight excluding hydrogens is 447 g/mol. The molecule has 180 valence electrons. The van der Waals surface area contributed by atoms with Gasteiger partial charge in [-0.2, -0.15) is 18.2 Å². The van der Waals surface area contributed by atoms with Gasteiger partial charge >= 0.3 is 6.18 Å². The first-order valence-electron chi connectivity index (χ1n) is 11.7. The Bertz CT molecular complexity index is 1200. The summed E-state index contributed by atoms with van der Waals surface area (Å²) < 4.78 is 45.4. The van der Waals surface area contributed by atoms with Crippen molar-refractivity contribution >= 4 is 22.8 Å². The molecule has 1 aliphatic heterocycles. The normalized spacial score (nSPS) is 17.3. The molecule has 0 N–H and O–H groups in total. The number of benzene rings is 1. The third-order valence-electron chi connectivity index (χ3n) is 6.65. The monoisotopic (exact) mass is 473 g/mol. The number of carbonyl (C=O) groups is 1. The van der Waals surface area contributed by atoms with E-state index >= 15 is 0 Å². The van der Waals surface area contributed by atoms with Crippen molar-refractivity contribution in [1.82, 2.24) is 20.0 Å². The zero-order valence-corrected chi connectivity index (χ0v) is 18.9. The molecule has 0 unspecified atom stereocenters. The Kier molecular flexibility index (Phi) is 5.91. The van der Waals surface area contributed by atoms with E-state index < -0.39 is 11.7 Å². The molecule has 34 heavy (non-hydrogen) atoms. The number of amides is 1. The van der Waals surface area contributed by atoms with Crippen LogP contribution in [0.2, 0.25) is 0 Å². The Morgan fingerprint density at radius 1 is 1.15 bits per heavy atom. The standard InChI is InChI=1S/C24H26F3N5O2/c1-2-5-18-28-21(31-10-12-32(13-11-31)23(33)15-6-3-7-15)19-20(30-34-22(19)29-18)16-8-4-9-17(14-16)24(25,26)27/h4,8-9,14-15H,2-3,5-7,10-13H2,1H3. The van der Waals surface area contributed by atoms with Gasteiger partial charge in [-0.3, -0.25) is 4.79 Å². The highest BCUT2D eigenvalue weighted by Crippen LogP contribution is 2.37. The predicted molar refractivity (Wildman–Crippen MR) is 120 cm³/mol. The van der Waals surface area contributed by atoms with Crippen LogP contribution >= 0.6 is 0 Å². The van der Waals surface area contributed by atoms with Gasteiger partial charge in [-0.15, -0.1) is 0 Å². The zero-order valence-electron chi connectivity index (χ0n) is 18.9. The molecule has 1 aliphatic carbocycles. The molecule has 0 atom stereocenters. The Balaban J connectivity index is 1.51. The Morgan fingerprint density at radius 3 is 2.56 bits per heavy atom. The molecule has 10 heteroatoms. The first-order valence-corrected chi connectivity index (χ1v) is 11.7. The average molecular weight is 473 g/mol. The van der Waals surface area contributed by atoms with Crippen LogP contribution in [0.1, 0.15) is 44.0 Å². The number of piperazine rings is 1. The number of aryl methyl sites for hydroxylation is 1. The first kappa shape index (κ1) is 22.6. The van der Waals surface area contributed by atoms with Crippen molar-refractivity contribution in [2.24, 2.45) is 5.92 Å².